The van der Waals surface area contributed by atoms with Crippen LogP contribution in [0.1, 0.15) is 0 Å². The fraction of sp³-hybridized carbons (Fsp3) is 0.0435. The molecule has 0 aliphatic heterocycles. The summed E-state index contributed by atoms with van der Waals surface area (Å²) in [6, 6.07) is 24.9. The quantitative estimate of drug-likeness (QED) is 0.370. The van der Waals surface area contributed by atoms with Crippen LogP contribution in [0, 0.1) is 0 Å². The monoisotopic (exact) mass is 445 g/mol. The maximum Gasteiger partial charge on any atom is 0.234 e. The number of nitrogens with one attached hydrogen (secondary N) is 1. The van der Waals surface area contributed by atoms with Crippen LogP contribution >= 0.6 is 23.4 Å². The van der Waals surface area contributed by atoms with Gasteiger partial charge in [0.15, 0.2) is 11.5 Å². The lowest BCUT2D eigenvalue weighted by molar-refractivity contribution is -0.113. The smallest absolute Gasteiger partial charge is 0.234 e. The van der Waals surface area contributed by atoms with Crippen LogP contribution in [0.15, 0.2) is 83.9 Å². The average Bonchev–Trinajstić information content (AvgIpc) is 3.25. The lowest BCUT2D eigenvalue weighted by atomic mass is 10.2. The van der Waals surface area contributed by atoms with Crippen molar-refractivity contribution in [2.24, 2.45) is 0 Å². The molecule has 0 atom stereocenters. The number of rotatable bonds is 5. The molecule has 0 spiro atoms. The third kappa shape index (κ3) is 3.85. The van der Waals surface area contributed by atoms with Gasteiger partial charge in [0.05, 0.1) is 27.5 Å². The first kappa shape index (κ1) is 19.5. The van der Waals surface area contributed by atoms with E-state index in [1.165, 1.54) is 11.8 Å². The molecule has 31 heavy (non-hydrogen) atoms. The molecule has 2 heterocycles. The second-order valence-electron chi connectivity index (χ2n) is 6.77. The zero-order valence-corrected chi connectivity index (χ0v) is 17.8. The van der Waals surface area contributed by atoms with Gasteiger partial charge in [-0.25, -0.2) is 4.98 Å². The van der Waals surface area contributed by atoms with Crippen molar-refractivity contribution in [1.82, 2.24) is 19.6 Å². The zero-order valence-electron chi connectivity index (χ0n) is 16.2. The van der Waals surface area contributed by atoms with Gasteiger partial charge in [0, 0.05) is 5.56 Å². The van der Waals surface area contributed by atoms with Crippen molar-refractivity contribution < 1.29 is 4.79 Å². The van der Waals surface area contributed by atoms with Crippen LogP contribution in [0.3, 0.4) is 0 Å². The number of nitrogens with zero attached hydrogens (tertiary/aromatic N) is 4. The minimum atomic E-state index is -0.172. The van der Waals surface area contributed by atoms with Gasteiger partial charge in [-0.3, -0.25) is 9.20 Å². The van der Waals surface area contributed by atoms with Gasteiger partial charge in [0.2, 0.25) is 5.91 Å². The Hall–Kier alpha value is -3.42. The fourth-order valence-corrected chi connectivity index (χ4v) is 4.26. The van der Waals surface area contributed by atoms with Crippen LogP contribution in [-0.2, 0) is 4.79 Å². The Morgan fingerprint density at radius 2 is 1.68 bits per heavy atom. The van der Waals surface area contributed by atoms with E-state index in [2.05, 4.69) is 15.5 Å². The number of carbonyl (C=O) groups is 1. The van der Waals surface area contributed by atoms with Crippen LogP contribution in [0.5, 0.6) is 0 Å². The highest BCUT2D eigenvalue weighted by Gasteiger charge is 2.17. The van der Waals surface area contributed by atoms with Crippen LogP contribution in [0.25, 0.3) is 28.1 Å². The summed E-state index contributed by atoms with van der Waals surface area (Å²) in [5, 5.41) is 12.8. The van der Waals surface area contributed by atoms with E-state index >= 15 is 0 Å². The van der Waals surface area contributed by atoms with Crippen molar-refractivity contribution in [2.75, 3.05) is 11.1 Å². The summed E-state index contributed by atoms with van der Waals surface area (Å²) in [7, 11) is 0. The molecule has 1 amide bonds. The highest BCUT2D eigenvalue weighted by molar-refractivity contribution is 8.00. The minimum Gasteiger partial charge on any atom is -0.324 e. The molecule has 1 N–H and O–H groups in total. The number of fused-ring (bicyclic) bond motifs is 3. The number of hydrogen-bond donors (Lipinski definition) is 1. The SMILES string of the molecule is O=C(CSc1nc2ccccc2n2c(-c3ccccc3)nnc12)Nc1ccccc1Cl. The van der Waals surface area contributed by atoms with Crippen LogP contribution in [0.4, 0.5) is 5.69 Å². The Labute approximate surface area is 187 Å². The van der Waals surface area contributed by atoms with E-state index in [0.717, 1.165) is 22.4 Å². The second kappa shape index (κ2) is 8.37. The summed E-state index contributed by atoms with van der Waals surface area (Å²) in [5.41, 5.74) is 3.87. The van der Waals surface area contributed by atoms with Crippen molar-refractivity contribution in [3.8, 4) is 11.4 Å². The number of amides is 1. The van der Waals surface area contributed by atoms with Crippen molar-refractivity contribution >= 4 is 51.6 Å². The van der Waals surface area contributed by atoms with Gasteiger partial charge in [-0.2, -0.15) is 0 Å². The Morgan fingerprint density at radius 3 is 2.52 bits per heavy atom. The van der Waals surface area contributed by atoms with E-state index in [-0.39, 0.29) is 11.7 Å². The fourth-order valence-electron chi connectivity index (χ4n) is 3.31. The predicted octanol–water partition coefficient (Wildman–Crippen LogP) is 5.33. The number of benzene rings is 3. The van der Waals surface area contributed by atoms with Crippen LogP contribution in [0.2, 0.25) is 5.02 Å². The molecule has 0 saturated heterocycles. The number of carbonyl (C=O) groups excluding carboxylic acids is 1. The summed E-state index contributed by atoms with van der Waals surface area (Å²) < 4.78 is 1.99. The lowest BCUT2D eigenvalue weighted by Gasteiger charge is -2.09. The molecule has 8 heteroatoms. The summed E-state index contributed by atoms with van der Waals surface area (Å²) in [6.07, 6.45) is 0. The first-order valence-corrected chi connectivity index (χ1v) is 10.9. The molecule has 0 aliphatic carbocycles. The lowest BCUT2D eigenvalue weighted by Crippen LogP contribution is -2.14. The van der Waals surface area contributed by atoms with Crippen molar-refractivity contribution in [1.29, 1.82) is 0 Å². The highest BCUT2D eigenvalue weighted by atomic mass is 35.5. The van der Waals surface area contributed by atoms with Crippen molar-refractivity contribution in [3.63, 3.8) is 0 Å². The van der Waals surface area contributed by atoms with Gasteiger partial charge in [0.25, 0.3) is 0 Å². The Bertz CT molecular complexity index is 1400. The normalized spacial score (nSPS) is 11.1. The number of hydrogen-bond acceptors (Lipinski definition) is 5. The number of anilines is 1. The van der Waals surface area contributed by atoms with Gasteiger partial charge in [0.1, 0.15) is 5.03 Å². The summed E-state index contributed by atoms with van der Waals surface area (Å²) in [6.45, 7) is 0. The molecular formula is C23H16ClN5OS. The number of halogens is 1. The maximum absolute atomic E-state index is 12.5. The molecule has 0 bridgehead atoms. The van der Waals surface area contributed by atoms with E-state index in [0.29, 0.717) is 21.4 Å². The molecule has 152 valence electrons. The Morgan fingerprint density at radius 1 is 0.935 bits per heavy atom. The van der Waals surface area contributed by atoms with E-state index in [1.54, 1.807) is 12.1 Å². The summed E-state index contributed by atoms with van der Waals surface area (Å²) in [5.74, 6) is 0.727. The molecule has 0 aliphatic rings. The molecule has 5 aromatic rings. The number of para-hydroxylation sites is 3. The highest BCUT2D eigenvalue weighted by Crippen LogP contribution is 2.29. The molecule has 0 saturated carbocycles. The Kier molecular flexibility index (Phi) is 5.28. The van der Waals surface area contributed by atoms with Crippen LogP contribution in [-0.4, -0.2) is 31.2 Å². The molecule has 2 aromatic heterocycles. The van der Waals surface area contributed by atoms with E-state index in [1.807, 2.05) is 71.1 Å². The molecule has 3 aromatic carbocycles. The molecule has 5 rings (SSSR count). The van der Waals surface area contributed by atoms with E-state index in [9.17, 15) is 4.79 Å². The predicted molar refractivity (Wildman–Crippen MR) is 125 cm³/mol. The van der Waals surface area contributed by atoms with Crippen molar-refractivity contribution in [3.05, 3.63) is 83.9 Å². The maximum atomic E-state index is 12.5. The molecule has 6 nitrogen and oxygen atoms in total. The summed E-state index contributed by atoms with van der Waals surface area (Å²) >= 11 is 7.45. The second-order valence-corrected chi connectivity index (χ2v) is 8.14. The van der Waals surface area contributed by atoms with E-state index in [4.69, 9.17) is 16.6 Å². The zero-order chi connectivity index (χ0) is 21.2. The van der Waals surface area contributed by atoms with Gasteiger partial charge >= 0.3 is 0 Å². The molecule has 0 radical (unpaired) electrons. The Balaban J connectivity index is 1.51. The third-order valence-electron chi connectivity index (χ3n) is 4.72. The summed E-state index contributed by atoms with van der Waals surface area (Å²) in [4.78, 5) is 17.2. The van der Waals surface area contributed by atoms with Gasteiger partial charge in [-0.15, -0.1) is 10.2 Å². The number of aromatic nitrogens is 4. The van der Waals surface area contributed by atoms with E-state index < -0.39 is 0 Å². The minimum absolute atomic E-state index is 0.166. The third-order valence-corrected chi connectivity index (χ3v) is 6.00. The van der Waals surface area contributed by atoms with Crippen molar-refractivity contribution in [2.45, 2.75) is 5.03 Å². The standard InChI is InChI=1S/C23H16ClN5OS/c24-16-10-4-5-11-17(16)25-20(30)14-31-23-22-28-27-21(15-8-2-1-3-9-15)29(22)19-13-7-6-12-18(19)26-23/h1-13H,14H2,(H,25,30). The van der Waals surface area contributed by atoms with Gasteiger partial charge in [-0.05, 0) is 24.3 Å². The average molecular weight is 446 g/mol. The molecule has 0 fully saturated rings. The first-order valence-electron chi connectivity index (χ1n) is 9.57. The first-order chi connectivity index (χ1) is 15.2. The largest absolute Gasteiger partial charge is 0.324 e. The van der Waals surface area contributed by atoms with Gasteiger partial charge < -0.3 is 5.32 Å². The topological polar surface area (TPSA) is 72.2 Å². The molecular weight excluding hydrogens is 430 g/mol. The van der Waals surface area contributed by atoms with Crippen LogP contribution < -0.4 is 5.32 Å². The van der Waals surface area contributed by atoms with Gasteiger partial charge in [-0.1, -0.05) is 78.0 Å². The number of thioether (sulfide) groups is 1. The molecule has 0 unspecified atom stereocenters.